The first kappa shape index (κ1) is 20.4. The predicted molar refractivity (Wildman–Crippen MR) is 121 cm³/mol. The lowest BCUT2D eigenvalue weighted by molar-refractivity contribution is 0.288. The van der Waals surface area contributed by atoms with Gasteiger partial charge in [0.05, 0.1) is 17.3 Å². The topological polar surface area (TPSA) is 46.8 Å². The Bertz CT molecular complexity index is 1250. The Morgan fingerprint density at radius 1 is 1.10 bits per heavy atom. The first-order chi connectivity index (χ1) is 14.5. The molecule has 4 rings (SSSR count). The fraction of sp³-hybridized carbons (Fsp3) is 0.250. The number of pyridine rings is 1. The van der Waals surface area contributed by atoms with Crippen molar-refractivity contribution in [2.75, 3.05) is 13.7 Å². The van der Waals surface area contributed by atoms with E-state index < -0.39 is 0 Å². The van der Waals surface area contributed by atoms with Crippen LogP contribution in [0.4, 0.5) is 0 Å². The van der Waals surface area contributed by atoms with Crippen LogP contribution in [0.5, 0.6) is 5.75 Å². The second kappa shape index (κ2) is 8.86. The summed E-state index contributed by atoms with van der Waals surface area (Å²) in [5.41, 5.74) is 2.32. The van der Waals surface area contributed by atoms with Gasteiger partial charge in [-0.3, -0.25) is 14.1 Å². The Kier molecular flexibility index (Phi) is 6.02. The van der Waals surface area contributed by atoms with E-state index in [-0.39, 0.29) is 5.56 Å². The lowest BCUT2D eigenvalue weighted by Gasteiger charge is -2.20. The van der Waals surface area contributed by atoms with Gasteiger partial charge in [0.15, 0.2) is 0 Å². The number of ether oxygens (including phenoxy) is 1. The maximum Gasteiger partial charge on any atom is 0.258 e. The van der Waals surface area contributed by atoms with E-state index in [9.17, 15) is 4.79 Å². The van der Waals surface area contributed by atoms with Gasteiger partial charge in [0, 0.05) is 30.9 Å². The van der Waals surface area contributed by atoms with Gasteiger partial charge in [0.2, 0.25) is 0 Å². The van der Waals surface area contributed by atoms with Crippen LogP contribution >= 0.6 is 11.6 Å². The molecule has 2 aromatic carbocycles. The maximum atomic E-state index is 12.5. The van der Waals surface area contributed by atoms with Gasteiger partial charge in [-0.1, -0.05) is 48.9 Å². The number of benzene rings is 2. The van der Waals surface area contributed by atoms with Crippen molar-refractivity contribution in [3.8, 4) is 5.75 Å². The molecule has 2 aromatic heterocycles. The molecular formula is C24H24ClN3O2. The molecule has 5 nitrogen and oxygen atoms in total. The summed E-state index contributed by atoms with van der Waals surface area (Å²) >= 11 is 6.00. The molecule has 0 unspecified atom stereocenters. The summed E-state index contributed by atoms with van der Waals surface area (Å²) in [6.07, 6.45) is 2.55. The van der Waals surface area contributed by atoms with Gasteiger partial charge in [-0.25, -0.2) is 4.98 Å². The van der Waals surface area contributed by atoms with E-state index in [1.165, 1.54) is 15.2 Å². The average Bonchev–Trinajstić information content (AvgIpc) is 2.73. The fourth-order valence-corrected chi connectivity index (χ4v) is 3.80. The largest absolute Gasteiger partial charge is 0.493 e. The normalized spacial score (nSPS) is 11.5. The van der Waals surface area contributed by atoms with E-state index in [1.54, 1.807) is 24.4 Å². The molecule has 0 fully saturated rings. The minimum absolute atomic E-state index is 0.136. The molecule has 0 aliphatic carbocycles. The second-order valence-corrected chi connectivity index (χ2v) is 7.88. The third kappa shape index (κ3) is 4.32. The molecule has 30 heavy (non-hydrogen) atoms. The Morgan fingerprint density at radius 2 is 1.93 bits per heavy atom. The summed E-state index contributed by atoms with van der Waals surface area (Å²) in [5, 5.41) is 2.87. The van der Waals surface area contributed by atoms with Crippen molar-refractivity contribution < 1.29 is 4.74 Å². The lowest BCUT2D eigenvalue weighted by atomic mass is 10.0. The van der Waals surface area contributed by atoms with Gasteiger partial charge < -0.3 is 4.74 Å². The molecule has 0 saturated heterocycles. The molecule has 0 bridgehead atoms. The van der Waals surface area contributed by atoms with Crippen LogP contribution in [0.25, 0.3) is 16.4 Å². The van der Waals surface area contributed by atoms with E-state index in [1.807, 2.05) is 25.2 Å². The molecular weight excluding hydrogens is 398 g/mol. The summed E-state index contributed by atoms with van der Waals surface area (Å²) in [5.74, 6) is 0.906. The summed E-state index contributed by atoms with van der Waals surface area (Å²) in [7, 11) is 2.02. The zero-order valence-corrected chi connectivity index (χ0v) is 17.9. The first-order valence-electron chi connectivity index (χ1n) is 10.0. The third-order valence-electron chi connectivity index (χ3n) is 5.00. The highest BCUT2D eigenvalue weighted by atomic mass is 35.5. The summed E-state index contributed by atoms with van der Waals surface area (Å²) in [6.45, 7) is 4.01. The van der Waals surface area contributed by atoms with Crippen LogP contribution in [0.1, 0.15) is 24.6 Å². The number of nitrogens with zero attached hydrogens (tertiary/aromatic N) is 3. The van der Waals surface area contributed by atoms with Gasteiger partial charge >= 0.3 is 0 Å². The van der Waals surface area contributed by atoms with Gasteiger partial charge in [-0.15, -0.1) is 0 Å². The quantitative estimate of drug-likeness (QED) is 0.425. The van der Waals surface area contributed by atoms with Crippen molar-refractivity contribution >= 4 is 28.0 Å². The molecule has 0 radical (unpaired) electrons. The molecule has 0 aliphatic heterocycles. The summed E-state index contributed by atoms with van der Waals surface area (Å²) in [4.78, 5) is 19.2. The number of rotatable bonds is 7. The minimum Gasteiger partial charge on any atom is -0.493 e. The highest BCUT2D eigenvalue weighted by Crippen LogP contribution is 2.29. The average molecular weight is 422 g/mol. The predicted octanol–water partition coefficient (Wildman–Crippen LogP) is 4.92. The smallest absolute Gasteiger partial charge is 0.258 e. The van der Waals surface area contributed by atoms with Crippen molar-refractivity contribution in [2.24, 2.45) is 0 Å². The first-order valence-corrected chi connectivity index (χ1v) is 10.4. The van der Waals surface area contributed by atoms with Crippen LogP contribution in [0.15, 0.2) is 65.6 Å². The van der Waals surface area contributed by atoms with Gasteiger partial charge in [-0.2, -0.15) is 0 Å². The molecule has 4 aromatic rings. The van der Waals surface area contributed by atoms with Crippen molar-refractivity contribution in [1.29, 1.82) is 0 Å². The molecule has 0 atom stereocenters. The van der Waals surface area contributed by atoms with Gasteiger partial charge in [0.1, 0.15) is 11.4 Å². The lowest BCUT2D eigenvalue weighted by Crippen LogP contribution is -2.22. The Balaban J connectivity index is 1.63. The molecule has 6 heteroatoms. The highest BCUT2D eigenvalue weighted by molar-refractivity contribution is 6.30. The number of aromatic nitrogens is 2. The van der Waals surface area contributed by atoms with Crippen LogP contribution < -0.4 is 10.3 Å². The standard InChI is InChI=1S/C24H24ClN3O2/c1-3-12-30-22-10-8-17-6-4-5-7-20(17)21(22)16-27(2)15-19-13-24(29)28-14-18(25)9-11-23(28)26-19/h4-11,13-14H,3,12,15-16H2,1-2H3. The highest BCUT2D eigenvalue weighted by Gasteiger charge is 2.13. The molecule has 0 amide bonds. The van der Waals surface area contributed by atoms with Crippen molar-refractivity contribution in [1.82, 2.24) is 14.3 Å². The van der Waals surface area contributed by atoms with E-state index >= 15 is 0 Å². The van der Waals surface area contributed by atoms with Crippen LogP contribution in [0.3, 0.4) is 0 Å². The SMILES string of the molecule is CCCOc1ccc2ccccc2c1CN(C)Cc1cc(=O)n2cc(Cl)ccc2n1. The van der Waals surface area contributed by atoms with Crippen LogP contribution in [0.2, 0.25) is 5.02 Å². The fourth-order valence-electron chi connectivity index (χ4n) is 3.64. The van der Waals surface area contributed by atoms with E-state index in [0.717, 1.165) is 23.4 Å². The third-order valence-corrected chi connectivity index (χ3v) is 5.22. The molecule has 0 N–H and O–H groups in total. The second-order valence-electron chi connectivity index (χ2n) is 7.45. The molecule has 0 aliphatic rings. The van der Waals surface area contributed by atoms with Crippen molar-refractivity contribution in [3.63, 3.8) is 0 Å². The zero-order valence-electron chi connectivity index (χ0n) is 17.1. The Morgan fingerprint density at radius 3 is 2.77 bits per heavy atom. The monoisotopic (exact) mass is 421 g/mol. The van der Waals surface area contributed by atoms with E-state index in [0.29, 0.717) is 30.4 Å². The molecule has 0 saturated carbocycles. The van der Waals surface area contributed by atoms with Gasteiger partial charge in [0.25, 0.3) is 5.56 Å². The van der Waals surface area contributed by atoms with E-state index in [4.69, 9.17) is 16.3 Å². The maximum absolute atomic E-state index is 12.5. The molecule has 154 valence electrons. The number of hydrogen-bond acceptors (Lipinski definition) is 4. The molecule has 2 heterocycles. The number of halogens is 1. The van der Waals surface area contributed by atoms with Crippen molar-refractivity contribution in [2.45, 2.75) is 26.4 Å². The molecule has 0 spiro atoms. The van der Waals surface area contributed by atoms with Gasteiger partial charge in [-0.05, 0) is 42.4 Å². The number of fused-ring (bicyclic) bond motifs is 2. The van der Waals surface area contributed by atoms with Crippen LogP contribution in [-0.4, -0.2) is 27.9 Å². The Labute approximate surface area is 180 Å². The summed E-state index contributed by atoms with van der Waals surface area (Å²) < 4.78 is 7.49. The van der Waals surface area contributed by atoms with Crippen LogP contribution in [0, 0.1) is 0 Å². The zero-order chi connectivity index (χ0) is 21.1. The van der Waals surface area contributed by atoms with E-state index in [2.05, 4.69) is 35.0 Å². The minimum atomic E-state index is -0.136. The summed E-state index contributed by atoms with van der Waals surface area (Å²) in [6, 6.07) is 17.5. The number of hydrogen-bond donors (Lipinski definition) is 0. The Hall–Kier alpha value is -2.89. The van der Waals surface area contributed by atoms with Crippen LogP contribution in [-0.2, 0) is 13.1 Å². The van der Waals surface area contributed by atoms with Crippen molar-refractivity contribution in [3.05, 3.63) is 87.4 Å².